The monoisotopic (exact) mass is 280 g/mol. The second-order valence-electron chi connectivity index (χ2n) is 3.56. The van der Waals surface area contributed by atoms with Gasteiger partial charge in [0.25, 0.3) is 0 Å². The number of alkyl halides is 1. The molecule has 0 aromatic rings. The Hall–Kier alpha value is -1.70. The van der Waals surface area contributed by atoms with E-state index >= 15 is 0 Å². The van der Waals surface area contributed by atoms with Gasteiger partial charge in [0, 0.05) is 20.8 Å². The lowest BCUT2D eigenvalue weighted by Gasteiger charge is -2.22. The fourth-order valence-corrected chi connectivity index (χ4v) is 1.04. The summed E-state index contributed by atoms with van der Waals surface area (Å²) in [5.74, 6) is -1.86. The van der Waals surface area contributed by atoms with E-state index in [9.17, 15) is 18.8 Å². The third-order valence-electron chi connectivity index (χ3n) is 1.71. The van der Waals surface area contributed by atoms with Crippen molar-refractivity contribution in [2.75, 3.05) is 19.9 Å². The van der Waals surface area contributed by atoms with Crippen molar-refractivity contribution in [2.24, 2.45) is 0 Å². The first-order chi connectivity index (χ1) is 8.85. The van der Waals surface area contributed by atoms with Crippen molar-refractivity contribution in [3.05, 3.63) is 0 Å². The van der Waals surface area contributed by atoms with Gasteiger partial charge in [-0.3, -0.25) is 14.4 Å². The number of carbonyl (C=O) groups is 3. The number of rotatable bonds is 8. The Morgan fingerprint density at radius 3 is 1.74 bits per heavy atom. The zero-order chi connectivity index (χ0) is 14.8. The van der Waals surface area contributed by atoms with Crippen LogP contribution in [0.2, 0.25) is 0 Å². The average Bonchev–Trinajstić information content (AvgIpc) is 2.30. The topological polar surface area (TPSA) is 88.1 Å². The number of hydrogen-bond acceptors (Lipinski definition) is 7. The summed E-state index contributed by atoms with van der Waals surface area (Å²) in [6.45, 7) is 1.89. The van der Waals surface area contributed by atoms with E-state index in [-0.39, 0.29) is 13.2 Å². The first kappa shape index (κ1) is 17.3. The molecule has 0 aliphatic heterocycles. The zero-order valence-electron chi connectivity index (χ0n) is 11.0. The molecule has 0 aromatic heterocycles. The zero-order valence-corrected chi connectivity index (χ0v) is 11.0. The predicted octanol–water partition coefficient (Wildman–Crippen LogP) is 0.356. The van der Waals surface area contributed by atoms with E-state index in [2.05, 4.69) is 14.2 Å². The standard InChI is InChI=1S/C11H17FO7/c1-7(13)16-5-10(6-17-8(2)14)19-11(4-12)18-9(3)15/h10-11H,4-6H2,1-3H3. The summed E-state index contributed by atoms with van der Waals surface area (Å²) < 4.78 is 31.5. The fraction of sp³-hybridized carbons (Fsp3) is 0.727. The first-order valence-corrected chi connectivity index (χ1v) is 5.50. The van der Waals surface area contributed by atoms with Gasteiger partial charge in [-0.1, -0.05) is 0 Å². The highest BCUT2D eigenvalue weighted by Crippen LogP contribution is 2.05. The fourth-order valence-electron chi connectivity index (χ4n) is 1.04. The lowest BCUT2D eigenvalue weighted by molar-refractivity contribution is -0.205. The minimum atomic E-state index is -1.44. The Morgan fingerprint density at radius 2 is 1.42 bits per heavy atom. The van der Waals surface area contributed by atoms with Crippen molar-refractivity contribution in [3.63, 3.8) is 0 Å². The summed E-state index contributed by atoms with van der Waals surface area (Å²) in [5.41, 5.74) is 0. The first-order valence-electron chi connectivity index (χ1n) is 5.50. The van der Waals surface area contributed by atoms with Crippen molar-refractivity contribution in [2.45, 2.75) is 33.2 Å². The van der Waals surface area contributed by atoms with Crippen LogP contribution in [0, 0.1) is 0 Å². The van der Waals surface area contributed by atoms with Gasteiger partial charge in [-0.15, -0.1) is 0 Å². The third kappa shape index (κ3) is 9.95. The molecule has 0 spiro atoms. The van der Waals surface area contributed by atoms with Gasteiger partial charge < -0.3 is 18.9 Å². The molecule has 0 radical (unpaired) electrons. The SMILES string of the molecule is CC(=O)OCC(COC(C)=O)OC(CF)OC(C)=O. The molecule has 19 heavy (non-hydrogen) atoms. The van der Waals surface area contributed by atoms with Crippen molar-refractivity contribution in [1.29, 1.82) is 0 Å². The smallest absolute Gasteiger partial charge is 0.305 e. The molecule has 0 aliphatic carbocycles. The van der Waals surface area contributed by atoms with Crippen LogP contribution in [0.25, 0.3) is 0 Å². The van der Waals surface area contributed by atoms with Crippen LogP contribution in [0.5, 0.6) is 0 Å². The second kappa shape index (κ2) is 9.26. The van der Waals surface area contributed by atoms with E-state index in [1.54, 1.807) is 0 Å². The minimum Gasteiger partial charge on any atom is -0.463 e. The van der Waals surface area contributed by atoms with E-state index in [0.717, 1.165) is 6.92 Å². The van der Waals surface area contributed by atoms with Gasteiger partial charge in [-0.05, 0) is 0 Å². The maximum absolute atomic E-state index is 12.6. The Bertz CT molecular complexity index is 300. The minimum absolute atomic E-state index is 0.250. The highest BCUT2D eigenvalue weighted by atomic mass is 19.1. The van der Waals surface area contributed by atoms with Crippen LogP contribution in [0.15, 0.2) is 0 Å². The van der Waals surface area contributed by atoms with E-state index < -0.39 is 37.0 Å². The largest absolute Gasteiger partial charge is 0.463 e. The number of ether oxygens (including phenoxy) is 4. The van der Waals surface area contributed by atoms with E-state index in [1.165, 1.54) is 13.8 Å². The van der Waals surface area contributed by atoms with Gasteiger partial charge >= 0.3 is 17.9 Å². The van der Waals surface area contributed by atoms with Crippen LogP contribution in [0.4, 0.5) is 4.39 Å². The van der Waals surface area contributed by atoms with Gasteiger partial charge in [-0.2, -0.15) is 0 Å². The summed E-state index contributed by atoms with van der Waals surface area (Å²) in [5, 5.41) is 0. The number of carbonyl (C=O) groups excluding carboxylic acids is 3. The average molecular weight is 280 g/mol. The normalized spacial score (nSPS) is 11.8. The van der Waals surface area contributed by atoms with Crippen LogP contribution in [0.1, 0.15) is 20.8 Å². The molecule has 1 unspecified atom stereocenters. The van der Waals surface area contributed by atoms with Gasteiger partial charge in [0.15, 0.2) is 6.67 Å². The predicted molar refractivity (Wildman–Crippen MR) is 59.7 cm³/mol. The molecule has 0 bridgehead atoms. The molecule has 0 aromatic carbocycles. The molecule has 8 heteroatoms. The number of esters is 3. The van der Waals surface area contributed by atoms with Crippen LogP contribution >= 0.6 is 0 Å². The lowest BCUT2D eigenvalue weighted by Crippen LogP contribution is -2.35. The molecule has 0 fully saturated rings. The quantitative estimate of drug-likeness (QED) is 0.360. The molecule has 0 aliphatic rings. The summed E-state index contributed by atoms with van der Waals surface area (Å²) >= 11 is 0. The molecular formula is C11H17FO7. The highest BCUT2D eigenvalue weighted by molar-refractivity contribution is 5.66. The Balaban J connectivity index is 4.38. The Kier molecular flexibility index (Phi) is 8.43. The van der Waals surface area contributed by atoms with Gasteiger partial charge in [0.2, 0.25) is 6.29 Å². The summed E-state index contributed by atoms with van der Waals surface area (Å²) in [6.07, 6.45) is -2.36. The van der Waals surface area contributed by atoms with Crippen molar-refractivity contribution < 1.29 is 37.7 Å². The van der Waals surface area contributed by atoms with Crippen molar-refractivity contribution in [3.8, 4) is 0 Å². The number of halogens is 1. The second-order valence-corrected chi connectivity index (χ2v) is 3.56. The molecular weight excluding hydrogens is 263 g/mol. The summed E-state index contributed by atoms with van der Waals surface area (Å²) in [6, 6.07) is 0. The third-order valence-corrected chi connectivity index (χ3v) is 1.71. The van der Waals surface area contributed by atoms with E-state index in [1.807, 2.05) is 0 Å². The highest BCUT2D eigenvalue weighted by Gasteiger charge is 2.21. The molecule has 0 N–H and O–H groups in total. The van der Waals surface area contributed by atoms with E-state index in [4.69, 9.17) is 4.74 Å². The maximum Gasteiger partial charge on any atom is 0.305 e. The maximum atomic E-state index is 12.6. The molecule has 110 valence electrons. The summed E-state index contributed by atoms with van der Waals surface area (Å²) in [4.78, 5) is 32.0. The van der Waals surface area contributed by atoms with E-state index in [0.29, 0.717) is 0 Å². The molecule has 1 atom stereocenters. The molecule has 0 saturated carbocycles. The Labute approximate surface area is 109 Å². The lowest BCUT2D eigenvalue weighted by atomic mass is 10.4. The van der Waals surface area contributed by atoms with Gasteiger partial charge in [-0.25, -0.2) is 4.39 Å². The molecule has 0 amide bonds. The Morgan fingerprint density at radius 1 is 0.947 bits per heavy atom. The van der Waals surface area contributed by atoms with Gasteiger partial charge in [0.1, 0.15) is 19.3 Å². The molecule has 0 saturated heterocycles. The van der Waals surface area contributed by atoms with Crippen molar-refractivity contribution >= 4 is 17.9 Å². The van der Waals surface area contributed by atoms with Crippen molar-refractivity contribution in [1.82, 2.24) is 0 Å². The van der Waals surface area contributed by atoms with Crippen LogP contribution < -0.4 is 0 Å². The van der Waals surface area contributed by atoms with Gasteiger partial charge in [0.05, 0.1) is 0 Å². The molecule has 0 rings (SSSR count). The number of hydrogen-bond donors (Lipinski definition) is 0. The molecule has 0 heterocycles. The van der Waals surface area contributed by atoms with Crippen LogP contribution in [0.3, 0.4) is 0 Å². The van der Waals surface area contributed by atoms with Crippen LogP contribution in [-0.2, 0) is 33.3 Å². The molecule has 7 nitrogen and oxygen atoms in total. The van der Waals surface area contributed by atoms with Crippen LogP contribution in [-0.4, -0.2) is 50.2 Å². The summed E-state index contributed by atoms with van der Waals surface area (Å²) in [7, 11) is 0.